The standard InChI is InChI=1S/C38H49.C22H25.C2H6Si.2ClH.Zr/c1-24-14-27-16-25(26-17-29(35(2,3)4)22-30(18-26)36(5,6)7)21-34(33(27)15-24)28-19-31(37(8,9)10)23-32(20-28)38(11,12)13;1-15(2)18-13-17-7-6-8-20(21(17)14-18)16-9-11-19(12-10-16)22(3,4)5;1-3-2;;;/h14-23H,1-13H3;6-15H,1-5H3;1-2H3;2*1H;/q2*-1;;;;+4/p-2. The van der Waals surface area contributed by atoms with Crippen LogP contribution in [0.4, 0.5) is 0 Å². The summed E-state index contributed by atoms with van der Waals surface area (Å²) in [6.07, 6.45) is 0. The summed E-state index contributed by atoms with van der Waals surface area (Å²) < 4.78 is 0. The van der Waals surface area contributed by atoms with Gasteiger partial charge in [-0.25, -0.2) is 0 Å². The molecule has 0 amide bonds. The molecule has 4 heteroatoms. The van der Waals surface area contributed by atoms with Crippen LogP contribution < -0.4 is 0 Å². The molecule has 0 nitrogen and oxygen atoms in total. The summed E-state index contributed by atoms with van der Waals surface area (Å²) in [7, 11) is 11.0. The van der Waals surface area contributed by atoms with Crippen molar-refractivity contribution in [2.45, 2.75) is 171 Å². The second kappa shape index (κ2) is 22.2. The van der Waals surface area contributed by atoms with E-state index in [0.29, 0.717) is 5.92 Å². The average Bonchev–Trinajstić information content (AvgIpc) is 3.83. The fourth-order valence-corrected chi connectivity index (χ4v) is 8.18. The molecule has 0 saturated heterocycles. The Morgan fingerprint density at radius 2 is 0.848 bits per heavy atom. The number of benzene rings is 5. The Morgan fingerprint density at radius 1 is 0.439 bits per heavy atom. The van der Waals surface area contributed by atoms with Crippen LogP contribution in [0.25, 0.3) is 54.9 Å². The zero-order valence-electron chi connectivity index (χ0n) is 44.3. The molecule has 0 heterocycles. The van der Waals surface area contributed by atoms with Crippen molar-refractivity contribution in [3.8, 4) is 33.4 Å². The molecule has 0 aliphatic carbocycles. The van der Waals surface area contributed by atoms with Gasteiger partial charge in [-0.3, -0.25) is 0 Å². The van der Waals surface area contributed by atoms with E-state index in [2.05, 4.69) is 253 Å². The molecule has 350 valence electrons. The number of fused-ring (bicyclic) bond motifs is 2. The third-order valence-electron chi connectivity index (χ3n) is 12.4. The van der Waals surface area contributed by atoms with Crippen LogP contribution in [0.15, 0.2) is 115 Å². The van der Waals surface area contributed by atoms with Crippen molar-refractivity contribution < 1.29 is 20.8 Å². The monoisotopic (exact) mass is 1010 g/mol. The molecule has 0 saturated carbocycles. The molecule has 0 unspecified atom stereocenters. The van der Waals surface area contributed by atoms with Gasteiger partial charge in [0, 0.05) is 9.52 Å². The van der Waals surface area contributed by atoms with E-state index in [1.54, 1.807) is 0 Å². The molecule has 0 aromatic heterocycles. The van der Waals surface area contributed by atoms with Gasteiger partial charge in [0.1, 0.15) is 0 Å². The summed E-state index contributed by atoms with van der Waals surface area (Å²) in [6.45, 7) is 45.7. The summed E-state index contributed by atoms with van der Waals surface area (Å²) in [6, 6.07) is 44.4. The van der Waals surface area contributed by atoms with Gasteiger partial charge in [0.25, 0.3) is 0 Å². The third kappa shape index (κ3) is 14.5. The van der Waals surface area contributed by atoms with Crippen LogP contribution in [-0.2, 0) is 47.9 Å². The normalized spacial score (nSPS) is 12.2. The van der Waals surface area contributed by atoms with Gasteiger partial charge in [-0.05, 0) is 77.5 Å². The SMILES string of the molecule is CC(C)c1cc2c(-c3ccc(C(C)(C)C)cc3)cccc2[cH-]1.C[Si]C.Cc1cc2c(-c3cc(C(C)(C)C)cc(C(C)(C)C)c3)cc(-c3cc(C(C)(C)C)cc(C(C)(C)C)c3)cc2[cH-]1.[Cl][Zr+2][Cl]. The first-order valence-corrected chi connectivity index (χ1v) is 32.1. The Morgan fingerprint density at radius 3 is 1.27 bits per heavy atom. The predicted octanol–water partition coefficient (Wildman–Crippen LogP) is 20.2. The number of aryl methyl sites for hydroxylation is 1. The van der Waals surface area contributed by atoms with Crippen molar-refractivity contribution >= 4 is 48.1 Å². The van der Waals surface area contributed by atoms with Gasteiger partial charge >= 0.3 is 37.9 Å². The van der Waals surface area contributed by atoms with E-state index in [-0.39, 0.29) is 27.1 Å². The van der Waals surface area contributed by atoms with Crippen molar-refractivity contribution in [3.63, 3.8) is 0 Å². The second-order valence-electron chi connectivity index (χ2n) is 23.8. The zero-order valence-corrected chi connectivity index (χ0v) is 49.3. The van der Waals surface area contributed by atoms with Crippen molar-refractivity contribution in [3.05, 3.63) is 154 Å². The van der Waals surface area contributed by atoms with Crippen LogP contribution in [0.1, 0.15) is 163 Å². The van der Waals surface area contributed by atoms with Gasteiger partial charge in [0.15, 0.2) is 0 Å². The maximum absolute atomic E-state index is 4.93. The van der Waals surface area contributed by atoms with Gasteiger partial charge < -0.3 is 0 Å². The summed E-state index contributed by atoms with van der Waals surface area (Å²) in [5.74, 6) is 0.573. The Balaban J connectivity index is 0.000000286. The van der Waals surface area contributed by atoms with Crippen LogP contribution in [0.3, 0.4) is 0 Å². The van der Waals surface area contributed by atoms with E-state index in [0.717, 1.165) is 9.52 Å². The summed E-state index contributed by atoms with van der Waals surface area (Å²) in [4.78, 5) is 0. The Hall–Kier alpha value is -3.00. The minimum absolute atomic E-state index is 0.0807. The van der Waals surface area contributed by atoms with Gasteiger partial charge in [0.05, 0.1) is 0 Å². The zero-order chi connectivity index (χ0) is 49.7. The molecule has 0 fully saturated rings. The van der Waals surface area contributed by atoms with E-state index in [9.17, 15) is 0 Å². The van der Waals surface area contributed by atoms with Crippen LogP contribution >= 0.6 is 17.0 Å². The molecule has 7 aromatic carbocycles. The van der Waals surface area contributed by atoms with E-state index in [1.165, 1.54) is 93.9 Å². The third-order valence-corrected chi connectivity index (χ3v) is 12.4. The summed E-state index contributed by atoms with van der Waals surface area (Å²) in [5, 5.41) is 5.39. The van der Waals surface area contributed by atoms with Crippen LogP contribution in [-0.4, -0.2) is 9.52 Å². The summed E-state index contributed by atoms with van der Waals surface area (Å²) >= 11 is -0.826. The molecule has 0 aliphatic heterocycles. The quantitative estimate of drug-likeness (QED) is 0.122. The molecule has 0 spiro atoms. The van der Waals surface area contributed by atoms with Gasteiger partial charge in [-0.15, -0.1) is 63.0 Å². The first-order valence-electron chi connectivity index (χ1n) is 23.8. The molecule has 0 atom stereocenters. The maximum atomic E-state index is 4.93. The Labute approximate surface area is 423 Å². The molecular weight excluding hydrogens is 935 g/mol. The number of halogens is 2. The van der Waals surface area contributed by atoms with E-state index < -0.39 is 20.8 Å². The van der Waals surface area contributed by atoms with E-state index >= 15 is 0 Å². The minimum atomic E-state index is -0.826. The molecule has 7 rings (SSSR count). The van der Waals surface area contributed by atoms with Gasteiger partial charge in [-0.1, -0.05) is 227 Å². The fraction of sp³-hybridized carbons (Fsp3) is 0.419. The van der Waals surface area contributed by atoms with Crippen molar-refractivity contribution in [1.82, 2.24) is 0 Å². The molecular formula is C62H80Cl2SiZr. The first kappa shape index (κ1) is 55.6. The topological polar surface area (TPSA) is 0 Å². The molecule has 2 radical (unpaired) electrons. The van der Waals surface area contributed by atoms with Crippen molar-refractivity contribution in [2.75, 3.05) is 0 Å². The molecule has 66 heavy (non-hydrogen) atoms. The molecule has 0 aliphatic rings. The van der Waals surface area contributed by atoms with E-state index in [1.807, 2.05) is 0 Å². The first-order chi connectivity index (χ1) is 30.4. The van der Waals surface area contributed by atoms with Gasteiger partial charge in [-0.2, -0.15) is 12.1 Å². The molecule has 0 bridgehead atoms. The van der Waals surface area contributed by atoms with Gasteiger partial charge in [0.2, 0.25) is 0 Å². The second-order valence-corrected chi connectivity index (χ2v) is 28.5. The Bertz CT molecular complexity index is 2600. The number of hydrogen-bond donors (Lipinski definition) is 0. The predicted molar refractivity (Wildman–Crippen MR) is 297 cm³/mol. The van der Waals surface area contributed by atoms with E-state index in [4.69, 9.17) is 17.0 Å². The van der Waals surface area contributed by atoms with Crippen LogP contribution in [0, 0.1) is 6.92 Å². The fourth-order valence-electron chi connectivity index (χ4n) is 8.18. The summed E-state index contributed by atoms with van der Waals surface area (Å²) in [5.41, 5.74) is 18.2. The Kier molecular flexibility index (Phi) is 18.7. The van der Waals surface area contributed by atoms with Crippen LogP contribution in [0.5, 0.6) is 0 Å². The number of hydrogen-bond acceptors (Lipinski definition) is 0. The molecule has 7 aromatic rings. The van der Waals surface area contributed by atoms with Crippen LogP contribution in [0.2, 0.25) is 13.1 Å². The number of rotatable bonds is 4. The molecule has 0 N–H and O–H groups in total. The van der Waals surface area contributed by atoms with Crippen molar-refractivity contribution in [2.24, 2.45) is 0 Å². The average molecular weight is 1020 g/mol. The van der Waals surface area contributed by atoms with Crippen molar-refractivity contribution in [1.29, 1.82) is 0 Å².